The van der Waals surface area contributed by atoms with Crippen LogP contribution >= 0.6 is 15.9 Å². The lowest BCUT2D eigenvalue weighted by atomic mass is 10.0. The van der Waals surface area contributed by atoms with Crippen molar-refractivity contribution in [3.05, 3.63) is 58.3 Å². The minimum atomic E-state index is 0.570. The Bertz CT molecular complexity index is 592. The minimum Gasteiger partial charge on any atom is -0.488 e. The van der Waals surface area contributed by atoms with Crippen molar-refractivity contribution in [2.45, 2.75) is 0 Å². The maximum atomic E-state index is 5.71. The highest BCUT2D eigenvalue weighted by Crippen LogP contribution is 2.29. The van der Waals surface area contributed by atoms with Crippen LogP contribution in [0.3, 0.4) is 0 Å². The number of nitrogens with zero attached hydrogens (tertiary/aromatic N) is 1. The van der Waals surface area contributed by atoms with E-state index in [-0.39, 0.29) is 0 Å². The van der Waals surface area contributed by atoms with E-state index in [1.54, 1.807) is 0 Å². The van der Waals surface area contributed by atoms with Gasteiger partial charge in [0.1, 0.15) is 17.0 Å². The molecule has 0 fully saturated rings. The van der Waals surface area contributed by atoms with Gasteiger partial charge in [0.15, 0.2) is 0 Å². The first-order chi connectivity index (χ1) is 8.33. The second kappa shape index (κ2) is 4.34. The molecule has 0 N–H and O–H groups in total. The summed E-state index contributed by atoms with van der Waals surface area (Å²) in [5, 5.41) is 0. The molecule has 1 aliphatic rings. The van der Waals surface area contributed by atoms with E-state index in [9.17, 15) is 0 Å². The minimum absolute atomic E-state index is 0.570. The molecule has 0 atom stereocenters. The Kier molecular flexibility index (Phi) is 2.69. The third-order valence-electron chi connectivity index (χ3n) is 2.68. The summed E-state index contributed by atoms with van der Waals surface area (Å²) in [7, 11) is 0. The zero-order valence-corrected chi connectivity index (χ0v) is 10.6. The molecule has 0 saturated carbocycles. The van der Waals surface area contributed by atoms with Crippen LogP contribution in [0.1, 0.15) is 11.3 Å². The monoisotopic (exact) mass is 287 g/mol. The predicted molar refractivity (Wildman–Crippen MR) is 71.7 cm³/mol. The number of halogens is 1. The van der Waals surface area contributed by atoms with Crippen LogP contribution in [0.4, 0.5) is 0 Å². The molecule has 2 nitrogen and oxygen atoms in total. The van der Waals surface area contributed by atoms with Gasteiger partial charge in [0.05, 0.1) is 5.69 Å². The number of hydrogen-bond donors (Lipinski definition) is 0. The second-order valence-corrected chi connectivity index (χ2v) is 4.65. The first kappa shape index (κ1) is 10.5. The molecule has 84 valence electrons. The molecule has 0 aliphatic carbocycles. The van der Waals surface area contributed by atoms with Crippen LogP contribution in [-0.2, 0) is 0 Å². The Balaban J connectivity index is 2.04. The van der Waals surface area contributed by atoms with E-state index in [2.05, 4.69) is 27.0 Å². The zero-order valence-electron chi connectivity index (χ0n) is 9.06. The molecule has 0 spiro atoms. The summed E-state index contributed by atoms with van der Waals surface area (Å²) in [5.41, 5.74) is 3.16. The molecule has 0 amide bonds. The lowest BCUT2D eigenvalue weighted by molar-refractivity contribution is 0.365. The average molecular weight is 288 g/mol. The van der Waals surface area contributed by atoms with Gasteiger partial charge in [0, 0.05) is 11.1 Å². The summed E-state index contributed by atoms with van der Waals surface area (Å²) < 4.78 is 6.55. The van der Waals surface area contributed by atoms with Crippen molar-refractivity contribution >= 4 is 27.6 Å². The highest BCUT2D eigenvalue weighted by molar-refractivity contribution is 9.10. The summed E-state index contributed by atoms with van der Waals surface area (Å²) in [6, 6.07) is 13.9. The van der Waals surface area contributed by atoms with Gasteiger partial charge >= 0.3 is 0 Å². The lowest BCUT2D eigenvalue weighted by Crippen LogP contribution is -2.07. The van der Waals surface area contributed by atoms with Crippen LogP contribution in [0.5, 0.6) is 5.75 Å². The maximum Gasteiger partial charge on any atom is 0.127 e. The number of aromatic nitrogens is 1. The fourth-order valence-electron chi connectivity index (χ4n) is 1.85. The average Bonchev–Trinajstić information content (AvgIpc) is 2.38. The number of rotatable bonds is 1. The van der Waals surface area contributed by atoms with Gasteiger partial charge in [-0.3, -0.25) is 0 Å². The van der Waals surface area contributed by atoms with Crippen molar-refractivity contribution in [2.75, 3.05) is 6.61 Å². The summed E-state index contributed by atoms with van der Waals surface area (Å²) >= 11 is 3.38. The van der Waals surface area contributed by atoms with Crippen LogP contribution in [0.15, 0.2) is 47.1 Å². The fourth-order valence-corrected chi connectivity index (χ4v) is 2.19. The van der Waals surface area contributed by atoms with Crippen molar-refractivity contribution in [3.63, 3.8) is 0 Å². The Hall–Kier alpha value is -1.61. The van der Waals surface area contributed by atoms with E-state index in [0.717, 1.165) is 27.2 Å². The number of hydrogen-bond acceptors (Lipinski definition) is 2. The molecule has 0 bridgehead atoms. The first-order valence-corrected chi connectivity index (χ1v) is 6.17. The molecule has 2 aromatic rings. The van der Waals surface area contributed by atoms with Crippen molar-refractivity contribution in [3.8, 4) is 5.75 Å². The van der Waals surface area contributed by atoms with Crippen LogP contribution in [0.2, 0.25) is 0 Å². The highest BCUT2D eigenvalue weighted by atomic mass is 79.9. The lowest BCUT2D eigenvalue weighted by Gasteiger charge is -2.17. The zero-order chi connectivity index (χ0) is 11.7. The third-order valence-corrected chi connectivity index (χ3v) is 3.12. The highest BCUT2D eigenvalue weighted by Gasteiger charge is 2.12. The Morgan fingerprint density at radius 1 is 1.06 bits per heavy atom. The number of para-hydroxylation sites is 1. The van der Waals surface area contributed by atoms with Gasteiger partial charge in [0.2, 0.25) is 0 Å². The second-order valence-electron chi connectivity index (χ2n) is 3.84. The molecule has 1 aromatic carbocycles. The standard InChI is InChI=1S/C14H10BrNO/c15-14-7-3-5-12(16-14)11-8-10-4-1-2-6-13(10)17-9-11/h1-8H,9H2. The van der Waals surface area contributed by atoms with Crippen molar-refractivity contribution in [2.24, 2.45) is 0 Å². The van der Waals surface area contributed by atoms with Crippen LogP contribution < -0.4 is 4.74 Å². The summed E-state index contributed by atoms with van der Waals surface area (Å²) in [6.45, 7) is 0.570. The summed E-state index contributed by atoms with van der Waals surface area (Å²) in [6.07, 6.45) is 2.13. The Labute approximate surface area is 108 Å². The molecule has 3 rings (SSSR count). The smallest absolute Gasteiger partial charge is 0.127 e. The van der Waals surface area contributed by atoms with Gasteiger partial charge < -0.3 is 4.74 Å². The molecular formula is C14H10BrNO. The predicted octanol–water partition coefficient (Wildman–Crippen LogP) is 3.78. The van der Waals surface area contributed by atoms with Crippen molar-refractivity contribution < 1.29 is 4.74 Å². The van der Waals surface area contributed by atoms with Crippen molar-refractivity contribution in [1.29, 1.82) is 0 Å². The van der Waals surface area contributed by atoms with Crippen LogP contribution in [-0.4, -0.2) is 11.6 Å². The fraction of sp³-hybridized carbons (Fsp3) is 0.0714. The Morgan fingerprint density at radius 3 is 2.82 bits per heavy atom. The maximum absolute atomic E-state index is 5.71. The van der Waals surface area contributed by atoms with Crippen molar-refractivity contribution in [1.82, 2.24) is 4.98 Å². The molecule has 0 radical (unpaired) electrons. The number of pyridine rings is 1. The van der Waals surface area contributed by atoms with E-state index in [1.165, 1.54) is 0 Å². The Morgan fingerprint density at radius 2 is 1.94 bits per heavy atom. The normalized spacial score (nSPS) is 13.6. The molecule has 2 heterocycles. The van der Waals surface area contributed by atoms with Gasteiger partial charge in [-0.15, -0.1) is 0 Å². The summed E-state index contributed by atoms with van der Waals surface area (Å²) in [5.74, 6) is 0.936. The van der Waals surface area contributed by atoms with E-state index in [0.29, 0.717) is 6.61 Å². The van der Waals surface area contributed by atoms with Gasteiger partial charge in [0.25, 0.3) is 0 Å². The van der Waals surface area contributed by atoms with E-state index >= 15 is 0 Å². The molecule has 1 aliphatic heterocycles. The summed E-state index contributed by atoms with van der Waals surface area (Å²) in [4.78, 5) is 4.44. The van der Waals surface area contributed by atoms with E-state index < -0.39 is 0 Å². The topological polar surface area (TPSA) is 22.1 Å². The van der Waals surface area contributed by atoms with Gasteiger partial charge in [-0.25, -0.2) is 4.98 Å². The third kappa shape index (κ3) is 2.11. The molecule has 3 heteroatoms. The van der Waals surface area contributed by atoms with Gasteiger partial charge in [-0.2, -0.15) is 0 Å². The van der Waals surface area contributed by atoms with Crippen LogP contribution in [0, 0.1) is 0 Å². The number of benzene rings is 1. The van der Waals surface area contributed by atoms with E-state index in [1.807, 2.05) is 42.5 Å². The molecule has 0 unspecified atom stereocenters. The molecule has 0 saturated heterocycles. The first-order valence-electron chi connectivity index (χ1n) is 5.38. The molecule has 17 heavy (non-hydrogen) atoms. The van der Waals surface area contributed by atoms with E-state index in [4.69, 9.17) is 4.74 Å². The van der Waals surface area contributed by atoms with Gasteiger partial charge in [-0.1, -0.05) is 24.3 Å². The van der Waals surface area contributed by atoms with Gasteiger partial charge in [-0.05, 0) is 40.2 Å². The van der Waals surface area contributed by atoms with Crippen LogP contribution in [0.25, 0.3) is 11.6 Å². The number of ether oxygens (including phenoxy) is 1. The molecular weight excluding hydrogens is 278 g/mol. The molecule has 1 aromatic heterocycles. The largest absolute Gasteiger partial charge is 0.488 e. The number of fused-ring (bicyclic) bond motifs is 1. The SMILES string of the molecule is Brc1cccc(C2=Cc3ccccc3OC2)n1. The quantitative estimate of drug-likeness (QED) is 0.745.